The molecule has 0 bridgehead atoms. The lowest BCUT2D eigenvalue weighted by Crippen LogP contribution is -2.55. The van der Waals surface area contributed by atoms with E-state index in [0.29, 0.717) is 6.54 Å². The van der Waals surface area contributed by atoms with Gasteiger partial charge in [-0.1, -0.05) is 26.2 Å². The fourth-order valence-electron chi connectivity index (χ4n) is 1.74. The van der Waals surface area contributed by atoms with Gasteiger partial charge < -0.3 is 10.9 Å². The molecule has 66 valence electrons. The largest absolute Gasteiger partial charge is 0.312 e. The van der Waals surface area contributed by atoms with E-state index in [1.807, 2.05) is 6.92 Å². The Morgan fingerprint density at radius 2 is 1.91 bits per heavy atom. The van der Waals surface area contributed by atoms with Crippen molar-refractivity contribution < 1.29 is 5.21 Å². The molecule has 0 amide bonds. The molecule has 0 atom stereocenters. The van der Waals surface area contributed by atoms with Crippen LogP contribution in [0.25, 0.3) is 0 Å². The molecule has 0 spiro atoms. The number of hydrogen-bond acceptors (Lipinski definition) is 3. The van der Waals surface area contributed by atoms with Crippen LogP contribution in [0.1, 0.15) is 39.0 Å². The summed E-state index contributed by atoms with van der Waals surface area (Å²) in [6.45, 7) is 2.54. The Hall–Kier alpha value is -0.120. The highest BCUT2D eigenvalue weighted by atomic mass is 16.5. The van der Waals surface area contributed by atoms with E-state index in [-0.39, 0.29) is 0 Å². The number of hydroxylamine groups is 2. The monoisotopic (exact) mass is 158 g/mol. The van der Waals surface area contributed by atoms with E-state index in [1.165, 1.54) is 11.5 Å². The molecule has 11 heavy (non-hydrogen) atoms. The molecule has 1 aliphatic rings. The fourth-order valence-corrected chi connectivity index (χ4v) is 1.74. The highest BCUT2D eigenvalue weighted by Crippen LogP contribution is 2.27. The van der Waals surface area contributed by atoms with Crippen LogP contribution in [0, 0.1) is 0 Å². The van der Waals surface area contributed by atoms with Crippen molar-refractivity contribution in [2.24, 2.45) is 5.73 Å². The average Bonchev–Trinajstić information content (AvgIpc) is 2.04. The maximum absolute atomic E-state index is 9.45. The van der Waals surface area contributed by atoms with Gasteiger partial charge in [0.1, 0.15) is 0 Å². The summed E-state index contributed by atoms with van der Waals surface area (Å²) in [5, 5.41) is 10.7. The minimum Gasteiger partial charge on any atom is -0.312 e. The quantitative estimate of drug-likeness (QED) is 0.470. The Morgan fingerprint density at radius 3 is 2.36 bits per heavy atom. The van der Waals surface area contributed by atoms with Crippen LogP contribution in [0.15, 0.2) is 0 Å². The molecule has 0 saturated heterocycles. The third-order valence-corrected chi connectivity index (χ3v) is 2.53. The van der Waals surface area contributed by atoms with E-state index in [0.717, 1.165) is 25.7 Å². The van der Waals surface area contributed by atoms with Gasteiger partial charge in [-0.05, 0) is 12.8 Å². The maximum Gasteiger partial charge on any atom is 0.0925 e. The molecule has 1 saturated carbocycles. The summed E-state index contributed by atoms with van der Waals surface area (Å²) in [5.41, 5.74) is 5.57. The van der Waals surface area contributed by atoms with Crippen molar-refractivity contribution in [3.63, 3.8) is 0 Å². The van der Waals surface area contributed by atoms with Gasteiger partial charge in [-0.3, -0.25) is 0 Å². The third-order valence-electron chi connectivity index (χ3n) is 2.53. The van der Waals surface area contributed by atoms with Gasteiger partial charge in [0.2, 0.25) is 0 Å². The number of hydrogen-bond donors (Lipinski definition) is 2. The first kappa shape index (κ1) is 8.97. The molecule has 0 aliphatic heterocycles. The predicted octanol–water partition coefficient (Wildman–Crippen LogP) is 1.32. The van der Waals surface area contributed by atoms with Crippen LogP contribution in [0.3, 0.4) is 0 Å². The Bertz CT molecular complexity index is 121. The lowest BCUT2D eigenvalue weighted by atomic mass is 9.89. The van der Waals surface area contributed by atoms with Gasteiger partial charge in [-0.15, -0.1) is 0 Å². The summed E-state index contributed by atoms with van der Waals surface area (Å²) < 4.78 is 0. The van der Waals surface area contributed by atoms with Crippen molar-refractivity contribution in [3.05, 3.63) is 0 Å². The molecule has 0 aromatic rings. The Morgan fingerprint density at radius 1 is 1.36 bits per heavy atom. The maximum atomic E-state index is 9.45. The number of rotatable bonds is 2. The zero-order valence-electron chi connectivity index (χ0n) is 7.21. The van der Waals surface area contributed by atoms with Gasteiger partial charge >= 0.3 is 0 Å². The Balaban J connectivity index is 2.49. The van der Waals surface area contributed by atoms with Crippen LogP contribution < -0.4 is 5.73 Å². The molecular weight excluding hydrogens is 140 g/mol. The van der Waals surface area contributed by atoms with Crippen LogP contribution in [0.2, 0.25) is 0 Å². The second-order valence-corrected chi connectivity index (χ2v) is 3.38. The Kier molecular flexibility index (Phi) is 2.87. The van der Waals surface area contributed by atoms with Gasteiger partial charge in [0.25, 0.3) is 0 Å². The van der Waals surface area contributed by atoms with Crippen molar-refractivity contribution in [3.8, 4) is 0 Å². The van der Waals surface area contributed by atoms with E-state index >= 15 is 0 Å². The third kappa shape index (κ3) is 1.92. The molecule has 0 aromatic heterocycles. The summed E-state index contributed by atoms with van der Waals surface area (Å²) >= 11 is 0. The van der Waals surface area contributed by atoms with Crippen LogP contribution in [-0.2, 0) is 0 Å². The summed E-state index contributed by atoms with van der Waals surface area (Å²) in [5.74, 6) is 0. The number of nitrogens with two attached hydrogens (primary N) is 1. The highest BCUT2D eigenvalue weighted by Gasteiger charge is 2.32. The molecule has 1 aliphatic carbocycles. The molecule has 3 heteroatoms. The van der Waals surface area contributed by atoms with Gasteiger partial charge in [-0.25, -0.2) is 0 Å². The molecule has 0 unspecified atom stereocenters. The molecule has 3 N–H and O–H groups in total. The molecular formula is C8H18N2O. The molecule has 0 heterocycles. The first-order valence-electron chi connectivity index (χ1n) is 4.44. The Labute approximate surface area is 68.1 Å². The molecule has 0 aromatic carbocycles. The van der Waals surface area contributed by atoms with Crippen molar-refractivity contribution >= 4 is 0 Å². The molecule has 1 fully saturated rings. The van der Waals surface area contributed by atoms with Crippen molar-refractivity contribution in [2.75, 3.05) is 6.54 Å². The topological polar surface area (TPSA) is 49.5 Å². The van der Waals surface area contributed by atoms with Crippen LogP contribution in [-0.4, -0.2) is 22.5 Å². The first-order chi connectivity index (χ1) is 5.19. The molecule has 0 radical (unpaired) electrons. The molecule has 3 nitrogen and oxygen atoms in total. The summed E-state index contributed by atoms with van der Waals surface area (Å²) in [7, 11) is 0. The first-order valence-corrected chi connectivity index (χ1v) is 4.44. The second-order valence-electron chi connectivity index (χ2n) is 3.38. The average molecular weight is 158 g/mol. The van der Waals surface area contributed by atoms with Gasteiger partial charge in [0, 0.05) is 6.54 Å². The van der Waals surface area contributed by atoms with E-state index < -0.39 is 5.66 Å². The minimum atomic E-state index is -0.424. The van der Waals surface area contributed by atoms with Crippen LogP contribution >= 0.6 is 0 Å². The smallest absolute Gasteiger partial charge is 0.0925 e. The zero-order chi connectivity index (χ0) is 8.32. The highest BCUT2D eigenvalue weighted by molar-refractivity contribution is 4.83. The van der Waals surface area contributed by atoms with Crippen molar-refractivity contribution in [1.29, 1.82) is 0 Å². The summed E-state index contributed by atoms with van der Waals surface area (Å²) in [6, 6.07) is 0. The van der Waals surface area contributed by atoms with Crippen LogP contribution in [0.5, 0.6) is 0 Å². The van der Waals surface area contributed by atoms with E-state index in [9.17, 15) is 5.21 Å². The van der Waals surface area contributed by atoms with Gasteiger partial charge in [-0.2, -0.15) is 5.06 Å². The minimum absolute atomic E-state index is 0.424. The van der Waals surface area contributed by atoms with E-state index in [1.54, 1.807) is 0 Å². The summed E-state index contributed by atoms with van der Waals surface area (Å²) in [4.78, 5) is 0. The van der Waals surface area contributed by atoms with Crippen molar-refractivity contribution in [2.45, 2.75) is 44.7 Å². The zero-order valence-corrected chi connectivity index (χ0v) is 7.21. The normalized spacial score (nSPS) is 24.0. The van der Waals surface area contributed by atoms with Gasteiger partial charge in [0.05, 0.1) is 5.66 Å². The predicted molar refractivity (Wildman–Crippen MR) is 44.2 cm³/mol. The van der Waals surface area contributed by atoms with E-state index in [4.69, 9.17) is 5.73 Å². The second kappa shape index (κ2) is 3.52. The lowest BCUT2D eigenvalue weighted by molar-refractivity contribution is -0.180. The fraction of sp³-hybridized carbons (Fsp3) is 1.00. The number of nitrogens with zero attached hydrogens (tertiary/aromatic N) is 1. The van der Waals surface area contributed by atoms with E-state index in [2.05, 4.69) is 0 Å². The lowest BCUT2D eigenvalue weighted by Gasteiger charge is -2.39. The SMILES string of the molecule is CCN(O)C1(N)CCCCC1. The van der Waals surface area contributed by atoms with Crippen LogP contribution in [0.4, 0.5) is 0 Å². The molecule has 1 rings (SSSR count). The standard InChI is InChI=1S/C8H18N2O/c1-2-10(11)8(9)6-4-3-5-7-8/h11H,2-7,9H2,1H3. The van der Waals surface area contributed by atoms with Crippen molar-refractivity contribution in [1.82, 2.24) is 5.06 Å². The van der Waals surface area contributed by atoms with Gasteiger partial charge in [0.15, 0.2) is 0 Å². The summed E-state index contributed by atoms with van der Waals surface area (Å²) in [6.07, 6.45) is 5.41.